The Hall–Kier alpha value is -1.59. The van der Waals surface area contributed by atoms with Gasteiger partial charge in [-0.2, -0.15) is 0 Å². The van der Waals surface area contributed by atoms with Crippen molar-refractivity contribution in [1.82, 2.24) is 24.3 Å². The summed E-state index contributed by atoms with van der Waals surface area (Å²) >= 11 is 12.3. The van der Waals surface area contributed by atoms with Gasteiger partial charge in [0.15, 0.2) is 0 Å². The second-order valence-corrected chi connectivity index (χ2v) is 6.07. The lowest BCUT2D eigenvalue weighted by molar-refractivity contribution is 0.632. The van der Waals surface area contributed by atoms with E-state index < -0.39 is 0 Å². The summed E-state index contributed by atoms with van der Waals surface area (Å²) in [5, 5.41) is 8.51. The summed E-state index contributed by atoms with van der Waals surface area (Å²) in [7, 11) is 1.94. The molecule has 0 radical (unpaired) electrons. The Morgan fingerprint density at radius 2 is 2.14 bits per heavy atom. The van der Waals surface area contributed by atoms with Crippen molar-refractivity contribution in [3.05, 3.63) is 41.2 Å². The summed E-state index contributed by atoms with van der Waals surface area (Å²) in [6.45, 7) is 2.67. The van der Waals surface area contributed by atoms with Gasteiger partial charge in [-0.3, -0.25) is 0 Å². The Morgan fingerprint density at radius 1 is 1.33 bits per heavy atom. The second-order valence-electron chi connectivity index (χ2n) is 4.98. The smallest absolute Gasteiger partial charge is 0.134 e. The number of aromatic nitrogens is 5. The van der Waals surface area contributed by atoms with E-state index in [1.54, 1.807) is 6.33 Å². The molecule has 0 fully saturated rings. The number of rotatable bonds is 4. The van der Waals surface area contributed by atoms with Crippen molar-refractivity contribution in [2.24, 2.45) is 7.05 Å². The van der Waals surface area contributed by atoms with Crippen molar-refractivity contribution >= 4 is 34.2 Å². The Kier molecular flexibility index (Phi) is 3.87. The van der Waals surface area contributed by atoms with Crippen LogP contribution in [-0.4, -0.2) is 24.3 Å². The molecule has 0 N–H and O–H groups in total. The first-order valence-electron chi connectivity index (χ1n) is 6.69. The molecule has 7 heteroatoms. The molecule has 21 heavy (non-hydrogen) atoms. The van der Waals surface area contributed by atoms with Gasteiger partial charge in [0.1, 0.15) is 18.0 Å². The molecule has 3 aromatic rings. The zero-order valence-corrected chi connectivity index (χ0v) is 13.3. The quantitative estimate of drug-likeness (QED) is 0.692. The predicted molar refractivity (Wildman–Crippen MR) is 83.7 cm³/mol. The summed E-state index contributed by atoms with van der Waals surface area (Å²) < 4.78 is 4.04. The fraction of sp³-hybridized carbons (Fsp3) is 0.357. The van der Waals surface area contributed by atoms with Crippen LogP contribution in [0.5, 0.6) is 0 Å². The molecule has 2 aromatic heterocycles. The number of hydrogen-bond donors (Lipinski definition) is 0. The maximum Gasteiger partial charge on any atom is 0.134 e. The number of imidazole rings is 1. The summed E-state index contributed by atoms with van der Waals surface area (Å²) in [4.78, 5) is 4.60. The molecular weight excluding hydrogens is 309 g/mol. The molecule has 1 unspecified atom stereocenters. The Balaban J connectivity index is 1.99. The van der Waals surface area contributed by atoms with Crippen LogP contribution in [-0.2, 0) is 20.0 Å². The average Bonchev–Trinajstić information content (AvgIpc) is 2.99. The number of alkyl halides is 1. The summed E-state index contributed by atoms with van der Waals surface area (Å²) in [6.07, 6.45) is 2.47. The third-order valence-corrected chi connectivity index (χ3v) is 3.89. The molecule has 0 amide bonds. The van der Waals surface area contributed by atoms with E-state index in [0.29, 0.717) is 5.02 Å². The van der Waals surface area contributed by atoms with Gasteiger partial charge in [0.25, 0.3) is 0 Å². The van der Waals surface area contributed by atoms with Gasteiger partial charge in [-0.05, 0) is 25.1 Å². The summed E-state index contributed by atoms with van der Waals surface area (Å²) in [5.41, 5.74) is 1.90. The van der Waals surface area contributed by atoms with Crippen molar-refractivity contribution in [1.29, 1.82) is 0 Å². The van der Waals surface area contributed by atoms with Crippen LogP contribution in [0.15, 0.2) is 24.5 Å². The SMILES string of the molecule is CC(Cl)c1nc2cc(Cl)ccc2n1CCc1nncn1C. The second kappa shape index (κ2) is 5.66. The molecule has 3 rings (SSSR count). The number of hydrogen-bond acceptors (Lipinski definition) is 3. The molecule has 0 bridgehead atoms. The zero-order chi connectivity index (χ0) is 15.0. The predicted octanol–water partition coefficient (Wildman–Crippen LogP) is 3.36. The highest BCUT2D eigenvalue weighted by Gasteiger charge is 2.15. The van der Waals surface area contributed by atoms with Crippen molar-refractivity contribution < 1.29 is 0 Å². The van der Waals surface area contributed by atoms with Gasteiger partial charge in [0.2, 0.25) is 0 Å². The third-order valence-electron chi connectivity index (χ3n) is 3.46. The molecule has 5 nitrogen and oxygen atoms in total. The van der Waals surface area contributed by atoms with Crippen molar-refractivity contribution in [2.75, 3.05) is 0 Å². The number of fused-ring (bicyclic) bond motifs is 1. The lowest BCUT2D eigenvalue weighted by atomic mass is 10.3. The van der Waals surface area contributed by atoms with E-state index in [1.165, 1.54) is 0 Å². The lowest BCUT2D eigenvalue weighted by Gasteiger charge is -2.10. The Labute approximate surface area is 132 Å². The number of aryl methyl sites for hydroxylation is 3. The Bertz CT molecular complexity index is 775. The molecule has 110 valence electrons. The standard InChI is InChI=1S/C14H15Cl2N5/c1-9(15)14-18-11-7-10(16)3-4-12(11)21(14)6-5-13-19-17-8-20(13)2/h3-4,7-9H,5-6H2,1-2H3. The van der Waals surface area contributed by atoms with E-state index in [0.717, 1.165) is 35.6 Å². The maximum absolute atomic E-state index is 6.26. The minimum absolute atomic E-state index is 0.171. The van der Waals surface area contributed by atoms with Gasteiger partial charge < -0.3 is 9.13 Å². The van der Waals surface area contributed by atoms with Crippen LogP contribution in [0.3, 0.4) is 0 Å². The highest BCUT2D eigenvalue weighted by molar-refractivity contribution is 6.31. The lowest BCUT2D eigenvalue weighted by Crippen LogP contribution is -2.09. The van der Waals surface area contributed by atoms with E-state index in [1.807, 2.05) is 36.7 Å². The molecule has 0 aliphatic rings. The van der Waals surface area contributed by atoms with Gasteiger partial charge in [0, 0.05) is 25.0 Å². The highest BCUT2D eigenvalue weighted by Crippen LogP contribution is 2.26. The third kappa shape index (κ3) is 2.76. The molecule has 0 spiro atoms. The number of halogens is 2. The van der Waals surface area contributed by atoms with Crippen LogP contribution in [0.2, 0.25) is 5.02 Å². The molecule has 2 heterocycles. The first-order chi connectivity index (χ1) is 10.1. The van der Waals surface area contributed by atoms with Crippen LogP contribution in [0, 0.1) is 0 Å². The summed E-state index contributed by atoms with van der Waals surface area (Å²) in [6, 6.07) is 5.70. The summed E-state index contributed by atoms with van der Waals surface area (Å²) in [5.74, 6) is 1.77. The number of nitrogens with zero attached hydrogens (tertiary/aromatic N) is 5. The molecule has 1 aromatic carbocycles. The molecule has 0 saturated heterocycles. The van der Waals surface area contributed by atoms with E-state index in [-0.39, 0.29) is 5.38 Å². The Morgan fingerprint density at radius 3 is 2.81 bits per heavy atom. The largest absolute Gasteiger partial charge is 0.326 e. The van der Waals surface area contributed by atoms with Crippen LogP contribution in [0.4, 0.5) is 0 Å². The van der Waals surface area contributed by atoms with Crippen molar-refractivity contribution in [3.63, 3.8) is 0 Å². The fourth-order valence-electron chi connectivity index (χ4n) is 2.41. The van der Waals surface area contributed by atoms with Crippen LogP contribution in [0.25, 0.3) is 11.0 Å². The van der Waals surface area contributed by atoms with Crippen LogP contribution < -0.4 is 0 Å². The molecular formula is C14H15Cl2N5. The average molecular weight is 324 g/mol. The van der Waals surface area contributed by atoms with Gasteiger partial charge >= 0.3 is 0 Å². The van der Waals surface area contributed by atoms with Crippen molar-refractivity contribution in [3.8, 4) is 0 Å². The normalized spacial score (nSPS) is 13.0. The molecule has 1 atom stereocenters. The van der Waals surface area contributed by atoms with E-state index in [4.69, 9.17) is 23.2 Å². The zero-order valence-electron chi connectivity index (χ0n) is 11.8. The molecule has 0 aliphatic heterocycles. The highest BCUT2D eigenvalue weighted by atomic mass is 35.5. The van der Waals surface area contributed by atoms with Gasteiger partial charge in [-0.15, -0.1) is 21.8 Å². The topological polar surface area (TPSA) is 48.5 Å². The maximum atomic E-state index is 6.26. The van der Waals surface area contributed by atoms with E-state index in [2.05, 4.69) is 19.7 Å². The van der Waals surface area contributed by atoms with Crippen LogP contribution in [0.1, 0.15) is 23.9 Å². The first kappa shape index (κ1) is 14.4. The van der Waals surface area contributed by atoms with Crippen LogP contribution >= 0.6 is 23.2 Å². The van der Waals surface area contributed by atoms with Crippen molar-refractivity contribution in [2.45, 2.75) is 25.3 Å². The number of benzene rings is 1. The molecule has 0 aliphatic carbocycles. The first-order valence-corrected chi connectivity index (χ1v) is 7.50. The minimum atomic E-state index is -0.171. The van der Waals surface area contributed by atoms with Gasteiger partial charge in [-0.1, -0.05) is 11.6 Å². The van der Waals surface area contributed by atoms with E-state index in [9.17, 15) is 0 Å². The molecule has 0 saturated carbocycles. The van der Waals surface area contributed by atoms with Gasteiger partial charge in [0.05, 0.1) is 16.4 Å². The minimum Gasteiger partial charge on any atom is -0.326 e. The monoisotopic (exact) mass is 323 g/mol. The van der Waals surface area contributed by atoms with E-state index >= 15 is 0 Å². The van der Waals surface area contributed by atoms with Gasteiger partial charge in [-0.25, -0.2) is 4.98 Å². The fourth-order valence-corrected chi connectivity index (χ4v) is 2.74.